The molecule has 22 unspecified atom stereocenters. The lowest BCUT2D eigenvalue weighted by Gasteiger charge is -2.44. The van der Waals surface area contributed by atoms with Crippen molar-refractivity contribution >= 4 is 76.8 Å². The van der Waals surface area contributed by atoms with E-state index in [2.05, 4.69) is 142 Å². The molecule has 0 aliphatic carbocycles. The van der Waals surface area contributed by atoms with Crippen LogP contribution in [-0.4, -0.2) is 240 Å². The summed E-state index contributed by atoms with van der Waals surface area (Å²) < 4.78 is 56.5. The molecule has 4 fully saturated rings. The molecule has 5 aliphatic heterocycles. The predicted molar refractivity (Wildman–Crippen MR) is 500 cm³/mol. The van der Waals surface area contributed by atoms with Crippen LogP contribution in [-0.2, 0) is 90.6 Å². The molecular weight excluding hydrogens is 1700 g/mol. The van der Waals surface area contributed by atoms with Crippen molar-refractivity contribution in [3.8, 4) is 5.75 Å². The van der Waals surface area contributed by atoms with Crippen LogP contribution < -0.4 is 63.2 Å². The highest BCUT2D eigenvalue weighted by molar-refractivity contribution is 6.13. The summed E-state index contributed by atoms with van der Waals surface area (Å²) in [5, 5.41) is 32.5. The summed E-state index contributed by atoms with van der Waals surface area (Å²) in [5.74, 6) is -3.72. The number of hydrogen-bond acceptors (Lipinski definition) is 22. The Bertz CT molecular complexity index is 3570. The van der Waals surface area contributed by atoms with E-state index in [4.69, 9.17) is 42.6 Å². The van der Waals surface area contributed by atoms with Gasteiger partial charge in [0, 0.05) is 129 Å². The molecule has 5 heterocycles. The summed E-state index contributed by atoms with van der Waals surface area (Å²) >= 11 is 0. The highest BCUT2D eigenvalue weighted by Crippen LogP contribution is 2.38. The van der Waals surface area contributed by atoms with Crippen LogP contribution in [0, 0.1) is 47.3 Å². The van der Waals surface area contributed by atoms with Gasteiger partial charge in [0.25, 0.3) is 23.6 Å². The van der Waals surface area contributed by atoms with Gasteiger partial charge in [0.05, 0.1) is 55.1 Å². The van der Waals surface area contributed by atoms with E-state index in [0.717, 1.165) is 81.9 Å². The van der Waals surface area contributed by atoms with Crippen molar-refractivity contribution in [2.75, 3.05) is 72.3 Å². The normalized spacial score (nSPS) is 26.3. The van der Waals surface area contributed by atoms with Crippen LogP contribution in [0.4, 0.5) is 0 Å². The number of unbranched alkanes of at least 4 members (excludes halogenated alkanes) is 14. The summed E-state index contributed by atoms with van der Waals surface area (Å²) in [6.45, 7) is 34.0. The summed E-state index contributed by atoms with van der Waals surface area (Å²) in [4.78, 5) is 174. The maximum Gasteiger partial charge on any atom is 0.253 e. The lowest BCUT2D eigenvalue weighted by molar-refractivity contribution is -0.236. The minimum absolute atomic E-state index is 0.00220. The third kappa shape index (κ3) is 38.9. The van der Waals surface area contributed by atoms with Crippen LogP contribution in [0.2, 0.25) is 0 Å². The van der Waals surface area contributed by atoms with Gasteiger partial charge in [-0.2, -0.15) is 0 Å². The zero-order chi connectivity index (χ0) is 96.8. The Morgan fingerprint density at radius 2 is 0.629 bits per heavy atom. The highest BCUT2D eigenvalue weighted by atomic mass is 16.7. The van der Waals surface area contributed by atoms with Crippen LogP contribution in [0.3, 0.4) is 0 Å². The average molecular weight is 1860 g/mol. The third-order valence-corrected chi connectivity index (χ3v) is 27.0. The first-order chi connectivity index (χ1) is 63.2. The maximum absolute atomic E-state index is 15.0. The van der Waals surface area contributed by atoms with Crippen LogP contribution in [0.5, 0.6) is 5.75 Å². The number of hydrogen-bond donors (Lipinski definition) is 11. The van der Waals surface area contributed by atoms with Gasteiger partial charge in [-0.3, -0.25) is 67.2 Å². The highest BCUT2D eigenvalue weighted by Gasteiger charge is 2.46. The second-order valence-electron chi connectivity index (χ2n) is 37.1. The molecule has 0 spiro atoms. The molecule has 4 saturated heterocycles. The zero-order valence-corrected chi connectivity index (χ0v) is 82.1. The summed E-state index contributed by atoms with van der Waals surface area (Å²) in [5.41, 5.74) is -0.271. The number of benzene rings is 1. The first kappa shape index (κ1) is 112. The van der Waals surface area contributed by atoms with Crippen LogP contribution in [0.15, 0.2) is 30.4 Å². The van der Waals surface area contributed by atoms with Gasteiger partial charge in [-0.1, -0.05) is 141 Å². The smallest absolute Gasteiger partial charge is 0.253 e. The number of carbonyl (C=O) groups excluding carboxylic acids is 13. The van der Waals surface area contributed by atoms with Gasteiger partial charge in [-0.15, -0.1) is 0 Å². The molecule has 34 nitrogen and oxygen atoms in total. The topological polar surface area (TPSA) is 441 Å². The minimum Gasteiger partial charge on any atom is -0.492 e. The molecule has 5 aliphatic rings. The van der Waals surface area contributed by atoms with E-state index in [1.807, 2.05) is 0 Å². The first-order valence-corrected chi connectivity index (χ1v) is 49.7. The fraction of sp³-hybridized carbons (Fsp3) is 0.786. The number of ether oxygens (including phenoxy) is 9. The van der Waals surface area contributed by atoms with E-state index in [9.17, 15) is 62.3 Å². The maximum atomic E-state index is 15.0. The van der Waals surface area contributed by atoms with E-state index >= 15 is 0 Å². The van der Waals surface area contributed by atoms with Crippen LogP contribution in [0.1, 0.15) is 311 Å². The predicted octanol–water partition coefficient (Wildman–Crippen LogP) is 9.84. The standard InChI is InChI=1S/C98H164N12O22/c1-17-78-61(5)65(9)87(104-69(13)111)95(129-78)125-53-36-25-21-31-47-99-83(116)43-41-76(93(122)102-49-33-23-27-38-55-127-97-89(106-71(15)113)67(11)63(7)80(19-3)131-97)108-91(120)73-58-74(60-75(59-73)124-57-51-101-82(115)40-30-29-35-52-110-85(118)45-46-86(110)119)92(121)109-77(94(123)103-50-34-24-28-39-56-128-98-90(107-72(16)114)68(12)64(8)81(20-4)132-98)42-44-84(117)100-48-32-22-26-37-54-126-96-88(105-70(14)112)66(10)62(6)79(18-2)130-96/h45-46,58-68,76-81,87-90,95-98H,17-44,47-57H2,1-16H3,(H,99,116)(H,100,117)(H,101,115)(H,102,122)(H,103,123)(H,104,111)(H,105,112)(H,106,113)(H,107,114)(H,108,120)(H,109,121). The number of amides is 13. The van der Waals surface area contributed by atoms with Gasteiger partial charge in [0.15, 0.2) is 25.2 Å². The minimum atomic E-state index is -1.28. The Kier molecular flexibility index (Phi) is 52.0. The lowest BCUT2D eigenvalue weighted by atomic mass is 9.81. The molecule has 0 bridgehead atoms. The van der Waals surface area contributed by atoms with Crippen LogP contribution >= 0.6 is 0 Å². The molecule has 11 N–H and O–H groups in total. The third-order valence-electron chi connectivity index (χ3n) is 27.0. The molecular formula is C98H164N12O22. The number of nitrogens with one attached hydrogen (secondary N) is 11. The van der Waals surface area contributed by atoms with Crippen molar-refractivity contribution < 1.29 is 105 Å². The van der Waals surface area contributed by atoms with Crippen molar-refractivity contribution in [2.24, 2.45) is 47.3 Å². The quantitative estimate of drug-likeness (QED) is 0.0213. The van der Waals surface area contributed by atoms with Crippen molar-refractivity contribution in [3.05, 3.63) is 41.5 Å². The summed E-state index contributed by atoms with van der Waals surface area (Å²) in [6, 6.07) is 0.291. The molecule has 132 heavy (non-hydrogen) atoms. The van der Waals surface area contributed by atoms with Gasteiger partial charge < -0.3 is 101 Å². The fourth-order valence-electron chi connectivity index (χ4n) is 18.1. The van der Waals surface area contributed by atoms with Gasteiger partial charge in [-0.05, 0) is 168 Å². The van der Waals surface area contributed by atoms with E-state index in [-0.39, 0.29) is 231 Å². The number of imide groups is 1. The molecule has 748 valence electrons. The lowest BCUT2D eigenvalue weighted by Crippen LogP contribution is -2.57. The van der Waals surface area contributed by atoms with Gasteiger partial charge in [-0.25, -0.2) is 0 Å². The molecule has 13 amide bonds. The molecule has 34 heteroatoms. The fourth-order valence-corrected chi connectivity index (χ4v) is 18.1. The number of nitrogens with zero attached hydrogens (tertiary/aromatic N) is 1. The Morgan fingerprint density at radius 1 is 0.341 bits per heavy atom. The SMILES string of the molecule is CCC1OC(OCCCCCCNC(=O)CCC(NC(=O)c2cc(OCCNC(=O)CCCCCN3C(=O)C=CC3=O)cc(C(=O)NC(CCC(=O)NCCCCCCOC3OC(CC)C(C)C(C)C3NC(C)=O)C(=O)NCCCCCCOC3OC(CC)C(C)C(C)C3NC(C)=O)c2)C(=O)NCCCCCCOC2OC(CC)C(C)C(C)C2NC(C)=O)C(NC(C)=O)C(C)C1C. The summed E-state index contributed by atoms with van der Waals surface area (Å²) in [7, 11) is 0. The van der Waals surface area contributed by atoms with Crippen molar-refractivity contribution in [1.82, 2.24) is 63.4 Å². The molecule has 6 rings (SSSR count). The zero-order valence-electron chi connectivity index (χ0n) is 82.1. The molecule has 0 saturated carbocycles. The Labute approximate surface area is 784 Å². The number of rotatable bonds is 62. The molecule has 0 radical (unpaired) electrons. The van der Waals surface area contributed by atoms with Crippen molar-refractivity contribution in [2.45, 2.75) is 376 Å². The largest absolute Gasteiger partial charge is 0.492 e. The van der Waals surface area contributed by atoms with Crippen LogP contribution in [0.25, 0.3) is 0 Å². The Morgan fingerprint density at radius 3 is 0.939 bits per heavy atom. The molecule has 1 aromatic carbocycles. The van der Waals surface area contributed by atoms with E-state index in [0.29, 0.717) is 110 Å². The Hall–Kier alpha value is -8.25. The van der Waals surface area contributed by atoms with Gasteiger partial charge in [0.1, 0.15) is 24.4 Å². The van der Waals surface area contributed by atoms with Gasteiger partial charge in [0.2, 0.25) is 53.2 Å². The molecule has 1 aromatic rings. The van der Waals surface area contributed by atoms with Crippen molar-refractivity contribution in [1.29, 1.82) is 0 Å². The van der Waals surface area contributed by atoms with E-state index in [1.54, 1.807) is 0 Å². The van der Waals surface area contributed by atoms with E-state index in [1.165, 1.54) is 58.0 Å². The second kappa shape index (κ2) is 61.0. The Balaban J connectivity index is 1.16. The molecule has 22 atom stereocenters. The average Bonchev–Trinajstić information content (AvgIpc) is 1.61. The first-order valence-electron chi connectivity index (χ1n) is 49.7. The van der Waals surface area contributed by atoms with Crippen molar-refractivity contribution in [3.63, 3.8) is 0 Å². The summed E-state index contributed by atoms with van der Waals surface area (Å²) in [6.07, 6.45) is 15.6. The van der Waals surface area contributed by atoms with E-state index < -0.39 is 60.9 Å². The van der Waals surface area contributed by atoms with Gasteiger partial charge >= 0.3 is 0 Å². The number of carbonyl (C=O) groups is 13. The second-order valence-corrected chi connectivity index (χ2v) is 37.1. The molecule has 0 aromatic heterocycles. The monoisotopic (exact) mass is 1860 g/mol.